The number of benzene rings is 1. The van der Waals surface area contributed by atoms with E-state index in [1.165, 1.54) is 11.1 Å². The van der Waals surface area contributed by atoms with Crippen molar-refractivity contribution in [3.8, 4) is 0 Å². The van der Waals surface area contributed by atoms with Gasteiger partial charge in [-0.15, -0.1) is 0 Å². The summed E-state index contributed by atoms with van der Waals surface area (Å²) in [6, 6.07) is 6.18. The van der Waals surface area contributed by atoms with E-state index in [-0.39, 0.29) is 17.9 Å². The summed E-state index contributed by atoms with van der Waals surface area (Å²) in [5, 5.41) is 12.8. The van der Waals surface area contributed by atoms with Crippen LogP contribution in [-0.2, 0) is 4.79 Å². The van der Waals surface area contributed by atoms with Gasteiger partial charge in [-0.3, -0.25) is 4.79 Å². The molecule has 21 heavy (non-hydrogen) atoms. The molecule has 0 spiro atoms. The van der Waals surface area contributed by atoms with Crippen LogP contribution in [0.2, 0.25) is 0 Å². The van der Waals surface area contributed by atoms with E-state index < -0.39 is 0 Å². The first kappa shape index (κ1) is 15.8. The van der Waals surface area contributed by atoms with Gasteiger partial charge in [0.25, 0.3) is 0 Å². The van der Waals surface area contributed by atoms with E-state index in [0.717, 1.165) is 31.2 Å². The maximum absolute atomic E-state index is 11.9. The van der Waals surface area contributed by atoms with E-state index in [1.54, 1.807) is 6.08 Å². The number of hydrogen-bond acceptors (Lipinski definition) is 2. The number of amides is 1. The molecule has 1 aromatic rings. The lowest BCUT2D eigenvalue weighted by Gasteiger charge is -2.27. The summed E-state index contributed by atoms with van der Waals surface area (Å²) < 4.78 is 0. The fourth-order valence-corrected chi connectivity index (χ4v) is 2.89. The Morgan fingerprint density at radius 3 is 2.81 bits per heavy atom. The second kappa shape index (κ2) is 7.41. The molecule has 3 heteroatoms. The maximum Gasteiger partial charge on any atom is 0.244 e. The predicted octanol–water partition coefficient (Wildman–Crippen LogP) is 2.98. The number of aliphatic hydroxyl groups is 1. The highest BCUT2D eigenvalue weighted by Crippen LogP contribution is 2.23. The van der Waals surface area contributed by atoms with Crippen molar-refractivity contribution in [1.29, 1.82) is 0 Å². The molecular weight excluding hydrogens is 262 g/mol. The molecule has 1 fully saturated rings. The van der Waals surface area contributed by atoms with Crippen LogP contribution in [0.3, 0.4) is 0 Å². The standard InChI is InChI=1S/C18H25NO2/c1-13-7-8-15(14(2)11-13)9-10-18(21)19-12-16-5-3-4-6-17(16)20/h7-11,16-17,20H,3-6,12H2,1-2H3,(H,19,21). The topological polar surface area (TPSA) is 49.3 Å². The molecule has 1 aromatic carbocycles. The van der Waals surface area contributed by atoms with Gasteiger partial charge in [-0.2, -0.15) is 0 Å². The third kappa shape index (κ3) is 4.71. The lowest BCUT2D eigenvalue weighted by Crippen LogP contribution is -2.36. The molecule has 0 radical (unpaired) electrons. The first-order valence-corrected chi connectivity index (χ1v) is 7.77. The average Bonchev–Trinajstić information content (AvgIpc) is 2.45. The van der Waals surface area contributed by atoms with Crippen molar-refractivity contribution in [2.45, 2.75) is 45.6 Å². The van der Waals surface area contributed by atoms with Crippen LogP contribution in [0, 0.1) is 19.8 Å². The quantitative estimate of drug-likeness (QED) is 0.836. The first-order valence-electron chi connectivity index (χ1n) is 7.77. The van der Waals surface area contributed by atoms with Gasteiger partial charge < -0.3 is 10.4 Å². The Morgan fingerprint density at radius 2 is 2.10 bits per heavy atom. The van der Waals surface area contributed by atoms with E-state index in [4.69, 9.17) is 0 Å². The molecule has 3 nitrogen and oxygen atoms in total. The normalized spacial score (nSPS) is 22.4. The number of carbonyl (C=O) groups excluding carboxylic acids is 1. The minimum absolute atomic E-state index is 0.0900. The summed E-state index contributed by atoms with van der Waals surface area (Å²) in [4.78, 5) is 11.9. The minimum atomic E-state index is -0.262. The number of rotatable bonds is 4. The van der Waals surface area contributed by atoms with Crippen LogP contribution in [0.25, 0.3) is 6.08 Å². The van der Waals surface area contributed by atoms with Crippen LogP contribution in [0.15, 0.2) is 24.3 Å². The molecule has 2 unspecified atom stereocenters. The maximum atomic E-state index is 11.9. The monoisotopic (exact) mass is 287 g/mol. The molecule has 1 aliphatic carbocycles. The molecule has 2 atom stereocenters. The van der Waals surface area contributed by atoms with Crippen LogP contribution in [0.5, 0.6) is 0 Å². The van der Waals surface area contributed by atoms with Gasteiger partial charge in [-0.25, -0.2) is 0 Å². The second-order valence-electron chi connectivity index (χ2n) is 6.05. The fraction of sp³-hybridized carbons (Fsp3) is 0.500. The zero-order valence-corrected chi connectivity index (χ0v) is 12.9. The van der Waals surface area contributed by atoms with Gasteiger partial charge in [0.15, 0.2) is 0 Å². The van der Waals surface area contributed by atoms with E-state index in [1.807, 2.05) is 25.1 Å². The molecule has 2 rings (SSSR count). The second-order valence-corrected chi connectivity index (χ2v) is 6.05. The number of hydrogen-bond donors (Lipinski definition) is 2. The van der Waals surface area contributed by atoms with Crippen LogP contribution >= 0.6 is 0 Å². The smallest absolute Gasteiger partial charge is 0.244 e. The van der Waals surface area contributed by atoms with Gasteiger partial charge in [-0.1, -0.05) is 36.6 Å². The SMILES string of the molecule is Cc1ccc(C=CC(=O)NCC2CCCCC2O)c(C)c1. The molecule has 0 aliphatic heterocycles. The van der Waals surface area contributed by atoms with Crippen molar-refractivity contribution in [3.63, 3.8) is 0 Å². The summed E-state index contributed by atoms with van der Waals surface area (Å²) in [7, 11) is 0. The Hall–Kier alpha value is -1.61. The lowest BCUT2D eigenvalue weighted by atomic mass is 9.86. The molecule has 2 N–H and O–H groups in total. The number of nitrogens with one attached hydrogen (secondary N) is 1. The first-order chi connectivity index (χ1) is 10.1. The van der Waals surface area contributed by atoms with Gasteiger partial charge in [-0.05, 0) is 43.9 Å². The van der Waals surface area contributed by atoms with E-state index in [0.29, 0.717) is 6.54 Å². The molecule has 1 amide bonds. The molecule has 0 saturated heterocycles. The number of aliphatic hydroxyl groups excluding tert-OH is 1. The van der Waals surface area contributed by atoms with E-state index in [2.05, 4.69) is 18.3 Å². The van der Waals surface area contributed by atoms with E-state index >= 15 is 0 Å². The molecule has 1 aliphatic rings. The number of carbonyl (C=O) groups is 1. The Balaban J connectivity index is 1.85. The Kier molecular flexibility index (Phi) is 5.57. The van der Waals surface area contributed by atoms with Crippen LogP contribution < -0.4 is 5.32 Å². The molecule has 0 heterocycles. The molecule has 0 bridgehead atoms. The summed E-state index contributed by atoms with van der Waals surface area (Å²) >= 11 is 0. The third-order valence-electron chi connectivity index (χ3n) is 4.25. The fourth-order valence-electron chi connectivity index (χ4n) is 2.89. The average molecular weight is 287 g/mol. The lowest BCUT2D eigenvalue weighted by molar-refractivity contribution is -0.116. The van der Waals surface area contributed by atoms with Gasteiger partial charge in [0, 0.05) is 18.5 Å². The van der Waals surface area contributed by atoms with Gasteiger partial charge >= 0.3 is 0 Å². The van der Waals surface area contributed by atoms with Crippen molar-refractivity contribution < 1.29 is 9.90 Å². The minimum Gasteiger partial charge on any atom is -0.393 e. The predicted molar refractivity (Wildman–Crippen MR) is 85.9 cm³/mol. The highest BCUT2D eigenvalue weighted by atomic mass is 16.3. The van der Waals surface area contributed by atoms with Gasteiger partial charge in [0.05, 0.1) is 6.10 Å². The number of aryl methyl sites for hydroxylation is 2. The van der Waals surface area contributed by atoms with Crippen molar-refractivity contribution in [2.75, 3.05) is 6.54 Å². The summed E-state index contributed by atoms with van der Waals surface area (Å²) in [6.07, 6.45) is 7.27. The van der Waals surface area contributed by atoms with Gasteiger partial charge in [0.1, 0.15) is 0 Å². The summed E-state index contributed by atoms with van der Waals surface area (Å²) in [5.41, 5.74) is 3.45. The van der Waals surface area contributed by atoms with Crippen molar-refractivity contribution in [2.24, 2.45) is 5.92 Å². The van der Waals surface area contributed by atoms with Crippen LogP contribution in [0.1, 0.15) is 42.4 Å². The molecule has 0 aromatic heterocycles. The Labute approximate surface area is 127 Å². The van der Waals surface area contributed by atoms with Crippen molar-refractivity contribution in [1.82, 2.24) is 5.32 Å². The summed E-state index contributed by atoms with van der Waals surface area (Å²) in [6.45, 7) is 4.67. The Bertz CT molecular complexity index is 522. The zero-order valence-electron chi connectivity index (χ0n) is 12.9. The van der Waals surface area contributed by atoms with Crippen LogP contribution in [-0.4, -0.2) is 23.7 Å². The van der Waals surface area contributed by atoms with E-state index in [9.17, 15) is 9.90 Å². The molecule has 1 saturated carbocycles. The van der Waals surface area contributed by atoms with Crippen molar-refractivity contribution >= 4 is 12.0 Å². The molecule has 114 valence electrons. The highest BCUT2D eigenvalue weighted by molar-refractivity contribution is 5.91. The van der Waals surface area contributed by atoms with Crippen molar-refractivity contribution in [3.05, 3.63) is 41.0 Å². The largest absolute Gasteiger partial charge is 0.393 e. The molecular formula is C18H25NO2. The Morgan fingerprint density at radius 1 is 1.33 bits per heavy atom. The zero-order chi connectivity index (χ0) is 15.2. The van der Waals surface area contributed by atoms with Gasteiger partial charge in [0.2, 0.25) is 5.91 Å². The highest BCUT2D eigenvalue weighted by Gasteiger charge is 2.22. The van der Waals surface area contributed by atoms with Crippen LogP contribution in [0.4, 0.5) is 0 Å². The third-order valence-corrected chi connectivity index (χ3v) is 4.25. The summed E-state index contributed by atoms with van der Waals surface area (Å²) in [5.74, 6) is 0.116.